The number of halogens is 1. The van der Waals surface area contributed by atoms with Crippen molar-refractivity contribution >= 4 is 38.9 Å². The highest BCUT2D eigenvalue weighted by atomic mass is 79.9. The van der Waals surface area contributed by atoms with E-state index in [1.54, 1.807) is 11.6 Å². The van der Waals surface area contributed by atoms with Crippen LogP contribution in [0.25, 0.3) is 11.2 Å². The summed E-state index contributed by atoms with van der Waals surface area (Å²) in [5, 5.41) is 9.56. The lowest BCUT2D eigenvalue weighted by atomic mass is 10.2. The van der Waals surface area contributed by atoms with Crippen LogP contribution >= 0.6 is 27.7 Å². The van der Waals surface area contributed by atoms with Crippen molar-refractivity contribution < 1.29 is 5.11 Å². The molecule has 9 heteroatoms. The standard InChI is InChI=1S/C15H15BrN4O3S/c1-19-11-12(17-15(19)24-6-5-21)20(14(23)18-13(11)22)8-9-3-2-4-10(16)7-9/h2-4,7,21H,5-6,8H2,1H3,(H,18,22,23). The zero-order valence-corrected chi connectivity index (χ0v) is 15.2. The number of aliphatic hydroxyl groups is 1. The number of hydrogen-bond donors (Lipinski definition) is 2. The Labute approximate surface area is 149 Å². The molecule has 0 fully saturated rings. The number of H-pyrrole nitrogens is 1. The van der Waals surface area contributed by atoms with Gasteiger partial charge in [0.05, 0.1) is 13.2 Å². The second kappa shape index (κ2) is 6.96. The highest BCUT2D eigenvalue weighted by Gasteiger charge is 2.17. The highest BCUT2D eigenvalue weighted by Crippen LogP contribution is 2.20. The summed E-state index contributed by atoms with van der Waals surface area (Å²) in [7, 11) is 1.72. The maximum atomic E-state index is 12.3. The quantitative estimate of drug-likeness (QED) is 0.618. The smallest absolute Gasteiger partial charge is 0.330 e. The second-order valence-corrected chi connectivity index (χ2v) is 7.15. The molecule has 0 amide bonds. The van der Waals surface area contributed by atoms with Gasteiger partial charge in [0.1, 0.15) is 0 Å². The number of hydrogen-bond acceptors (Lipinski definition) is 5. The van der Waals surface area contributed by atoms with Gasteiger partial charge < -0.3 is 9.67 Å². The van der Waals surface area contributed by atoms with Gasteiger partial charge in [0.25, 0.3) is 5.56 Å². The second-order valence-electron chi connectivity index (χ2n) is 5.17. The Morgan fingerprint density at radius 1 is 1.38 bits per heavy atom. The average Bonchev–Trinajstić information content (AvgIpc) is 2.86. The van der Waals surface area contributed by atoms with Crippen LogP contribution in [-0.2, 0) is 13.6 Å². The molecule has 0 saturated heterocycles. The molecule has 3 rings (SSSR count). The van der Waals surface area contributed by atoms with E-state index in [1.807, 2.05) is 24.3 Å². The predicted molar refractivity (Wildman–Crippen MR) is 96.6 cm³/mol. The molecule has 0 bridgehead atoms. The number of aromatic amines is 1. The monoisotopic (exact) mass is 410 g/mol. The Morgan fingerprint density at radius 2 is 2.17 bits per heavy atom. The summed E-state index contributed by atoms with van der Waals surface area (Å²) >= 11 is 4.74. The predicted octanol–water partition coefficient (Wildman–Crippen LogP) is 1.32. The third kappa shape index (κ3) is 3.19. The van der Waals surface area contributed by atoms with E-state index in [2.05, 4.69) is 25.9 Å². The molecule has 24 heavy (non-hydrogen) atoms. The van der Waals surface area contributed by atoms with Gasteiger partial charge in [0.2, 0.25) is 0 Å². The Morgan fingerprint density at radius 3 is 2.88 bits per heavy atom. The molecule has 2 aromatic heterocycles. The molecule has 2 N–H and O–H groups in total. The van der Waals surface area contributed by atoms with Crippen molar-refractivity contribution in [2.75, 3.05) is 12.4 Å². The molecule has 0 saturated carbocycles. The summed E-state index contributed by atoms with van der Waals surface area (Å²) in [5.41, 5.74) is 0.627. The first kappa shape index (κ1) is 17.0. The molecule has 0 aliphatic heterocycles. The first-order chi connectivity index (χ1) is 11.5. The lowest BCUT2D eigenvalue weighted by molar-refractivity contribution is 0.322. The molecular formula is C15H15BrN4O3S. The van der Waals surface area contributed by atoms with Crippen LogP contribution in [0, 0.1) is 0 Å². The van der Waals surface area contributed by atoms with E-state index in [4.69, 9.17) is 5.11 Å². The van der Waals surface area contributed by atoms with Crippen molar-refractivity contribution in [3.8, 4) is 0 Å². The molecule has 0 aliphatic carbocycles. The molecule has 3 aromatic rings. The number of nitrogens with one attached hydrogen (secondary N) is 1. The fraction of sp³-hybridized carbons (Fsp3) is 0.267. The van der Waals surface area contributed by atoms with Crippen molar-refractivity contribution in [1.29, 1.82) is 0 Å². The minimum Gasteiger partial charge on any atom is -0.396 e. The van der Waals surface area contributed by atoms with Crippen molar-refractivity contribution in [1.82, 2.24) is 19.1 Å². The Bertz CT molecular complexity index is 1010. The number of rotatable bonds is 5. The van der Waals surface area contributed by atoms with E-state index in [9.17, 15) is 9.59 Å². The molecule has 0 unspecified atom stereocenters. The van der Waals surface area contributed by atoms with Crippen LogP contribution in [0.2, 0.25) is 0 Å². The van der Waals surface area contributed by atoms with Crippen LogP contribution in [0.1, 0.15) is 5.56 Å². The highest BCUT2D eigenvalue weighted by molar-refractivity contribution is 9.10. The molecule has 0 radical (unpaired) electrons. The van der Waals surface area contributed by atoms with Crippen LogP contribution in [0.15, 0.2) is 43.5 Å². The van der Waals surface area contributed by atoms with Crippen molar-refractivity contribution in [2.24, 2.45) is 7.05 Å². The summed E-state index contributed by atoms with van der Waals surface area (Å²) < 4.78 is 4.00. The van der Waals surface area contributed by atoms with Crippen LogP contribution in [0.5, 0.6) is 0 Å². The van der Waals surface area contributed by atoms with Crippen LogP contribution in [-0.4, -0.2) is 36.6 Å². The molecular weight excluding hydrogens is 396 g/mol. The molecule has 0 spiro atoms. The van der Waals surface area contributed by atoms with E-state index >= 15 is 0 Å². The molecule has 0 atom stereocenters. The number of benzene rings is 1. The van der Waals surface area contributed by atoms with Gasteiger partial charge in [-0.3, -0.25) is 14.3 Å². The minimum absolute atomic E-state index is 0.00900. The van der Waals surface area contributed by atoms with Gasteiger partial charge in [-0.15, -0.1) is 0 Å². The van der Waals surface area contributed by atoms with Gasteiger partial charge in [0.15, 0.2) is 16.3 Å². The Hall–Kier alpha value is -1.84. The van der Waals surface area contributed by atoms with E-state index in [1.165, 1.54) is 16.3 Å². The van der Waals surface area contributed by atoms with Gasteiger partial charge >= 0.3 is 5.69 Å². The minimum atomic E-state index is -0.496. The Balaban J connectivity index is 2.16. The van der Waals surface area contributed by atoms with Crippen LogP contribution in [0.4, 0.5) is 0 Å². The molecule has 1 aromatic carbocycles. The zero-order valence-electron chi connectivity index (χ0n) is 12.8. The lowest BCUT2D eigenvalue weighted by Crippen LogP contribution is -2.31. The largest absolute Gasteiger partial charge is 0.396 e. The first-order valence-electron chi connectivity index (χ1n) is 7.19. The fourth-order valence-corrected chi connectivity index (χ4v) is 3.61. The van der Waals surface area contributed by atoms with Gasteiger partial charge in [-0.1, -0.05) is 39.8 Å². The maximum absolute atomic E-state index is 12.3. The zero-order chi connectivity index (χ0) is 17.3. The van der Waals surface area contributed by atoms with Crippen molar-refractivity contribution in [2.45, 2.75) is 11.7 Å². The summed E-state index contributed by atoms with van der Waals surface area (Å²) in [4.78, 5) is 31.2. The van der Waals surface area contributed by atoms with Crippen LogP contribution in [0.3, 0.4) is 0 Å². The fourth-order valence-electron chi connectivity index (χ4n) is 2.46. The SMILES string of the molecule is Cn1c(SCCO)nc2c1c(=O)[nH]c(=O)n2Cc1cccc(Br)c1. The normalized spacial score (nSPS) is 11.3. The van der Waals surface area contributed by atoms with E-state index < -0.39 is 11.2 Å². The Kier molecular flexibility index (Phi) is 4.93. The first-order valence-corrected chi connectivity index (χ1v) is 8.96. The van der Waals surface area contributed by atoms with Gasteiger partial charge in [0, 0.05) is 17.3 Å². The number of thioether (sulfide) groups is 1. The molecule has 126 valence electrons. The van der Waals surface area contributed by atoms with Crippen molar-refractivity contribution in [3.05, 3.63) is 55.1 Å². The summed E-state index contributed by atoms with van der Waals surface area (Å²) in [6.45, 7) is 0.307. The summed E-state index contributed by atoms with van der Waals surface area (Å²) in [5.74, 6) is 0.463. The average molecular weight is 411 g/mol. The summed E-state index contributed by atoms with van der Waals surface area (Å²) in [6, 6.07) is 7.60. The van der Waals surface area contributed by atoms with E-state index in [0.717, 1.165) is 10.0 Å². The number of fused-ring (bicyclic) bond motifs is 1. The van der Waals surface area contributed by atoms with E-state index in [0.29, 0.717) is 28.6 Å². The topological polar surface area (TPSA) is 92.9 Å². The van der Waals surface area contributed by atoms with Crippen molar-refractivity contribution in [3.63, 3.8) is 0 Å². The van der Waals surface area contributed by atoms with Crippen LogP contribution < -0.4 is 11.2 Å². The number of aromatic nitrogens is 4. The maximum Gasteiger partial charge on any atom is 0.330 e. The number of aryl methyl sites for hydroxylation is 1. The lowest BCUT2D eigenvalue weighted by Gasteiger charge is -2.06. The molecule has 7 nitrogen and oxygen atoms in total. The van der Waals surface area contributed by atoms with Gasteiger partial charge in [-0.2, -0.15) is 0 Å². The van der Waals surface area contributed by atoms with Gasteiger partial charge in [-0.05, 0) is 17.7 Å². The molecule has 0 aliphatic rings. The number of imidazole rings is 1. The number of nitrogens with zero attached hydrogens (tertiary/aromatic N) is 3. The third-order valence-electron chi connectivity index (χ3n) is 3.52. The number of aliphatic hydroxyl groups excluding tert-OH is 1. The van der Waals surface area contributed by atoms with E-state index in [-0.39, 0.29) is 6.61 Å². The van der Waals surface area contributed by atoms with Gasteiger partial charge in [-0.25, -0.2) is 9.78 Å². The summed E-state index contributed by atoms with van der Waals surface area (Å²) in [6.07, 6.45) is 0. The third-order valence-corrected chi connectivity index (χ3v) is 5.03. The molecule has 2 heterocycles.